The molecule has 0 bridgehead atoms. The van der Waals surface area contributed by atoms with Crippen LogP contribution in [0.2, 0.25) is 0 Å². The van der Waals surface area contributed by atoms with Crippen LogP contribution in [0.5, 0.6) is 11.5 Å². The topological polar surface area (TPSA) is 94.5 Å². The lowest BCUT2D eigenvalue weighted by atomic mass is 9.76. The largest absolute Gasteiger partial charge is 0.508 e. The number of carbonyl (C=O) groups is 2. The minimum Gasteiger partial charge on any atom is -0.497 e. The maximum atomic E-state index is 13.8. The zero-order valence-corrected chi connectivity index (χ0v) is 24.1. The molecule has 218 valence electrons. The van der Waals surface area contributed by atoms with Gasteiger partial charge in [-0.05, 0) is 67.1 Å². The highest BCUT2D eigenvalue weighted by molar-refractivity contribution is 5.87. The van der Waals surface area contributed by atoms with Crippen molar-refractivity contribution in [3.8, 4) is 11.5 Å². The van der Waals surface area contributed by atoms with Gasteiger partial charge < -0.3 is 29.0 Å². The third kappa shape index (κ3) is 7.38. The van der Waals surface area contributed by atoms with Gasteiger partial charge in [0.2, 0.25) is 5.91 Å². The summed E-state index contributed by atoms with van der Waals surface area (Å²) in [5, 5.41) is 11.1. The van der Waals surface area contributed by atoms with Crippen LogP contribution >= 0.6 is 0 Å². The molecule has 41 heavy (non-hydrogen) atoms. The van der Waals surface area contributed by atoms with Crippen molar-refractivity contribution in [2.24, 2.45) is 5.92 Å². The number of hydrogen-bond acceptors (Lipinski definition) is 7. The second-order valence-corrected chi connectivity index (χ2v) is 10.3. The number of β-lactam (4-membered cyclic amide) rings is 1. The SMILES string of the molecule is CCC(O)[C@@H]1[C@@H]([C@@H](C)OC(=O)OCc2ccccc2)C(=O)N1C(Cc1ccc(OC)cc1)Cc1ccc(OC)cc1. The van der Waals surface area contributed by atoms with Crippen molar-refractivity contribution >= 4 is 12.1 Å². The monoisotopic (exact) mass is 561 g/mol. The van der Waals surface area contributed by atoms with E-state index in [1.807, 2.05) is 85.8 Å². The molecule has 1 unspecified atom stereocenters. The van der Waals surface area contributed by atoms with Crippen molar-refractivity contribution in [2.75, 3.05) is 14.2 Å². The molecule has 3 aromatic rings. The molecule has 1 N–H and O–H groups in total. The Bertz CT molecular complexity index is 1210. The molecular weight excluding hydrogens is 522 g/mol. The number of methoxy groups -OCH3 is 2. The number of hydrogen-bond donors (Lipinski definition) is 1. The molecule has 1 fully saturated rings. The number of rotatable bonds is 13. The number of likely N-dealkylation sites (tertiary alicyclic amines) is 1. The highest BCUT2D eigenvalue weighted by Crippen LogP contribution is 2.38. The number of aliphatic hydroxyl groups is 1. The quantitative estimate of drug-likeness (QED) is 0.227. The van der Waals surface area contributed by atoms with Crippen LogP contribution in [0.15, 0.2) is 78.9 Å². The second kappa shape index (κ2) is 14.0. The van der Waals surface area contributed by atoms with Crippen LogP contribution in [0.3, 0.4) is 0 Å². The van der Waals surface area contributed by atoms with E-state index in [4.69, 9.17) is 18.9 Å². The first-order chi connectivity index (χ1) is 19.8. The predicted molar refractivity (Wildman–Crippen MR) is 155 cm³/mol. The van der Waals surface area contributed by atoms with Gasteiger partial charge in [-0.3, -0.25) is 4.79 Å². The molecular formula is C33H39NO7. The first-order valence-corrected chi connectivity index (χ1v) is 14.0. The number of ether oxygens (including phenoxy) is 4. The molecule has 0 radical (unpaired) electrons. The van der Waals surface area contributed by atoms with Crippen molar-refractivity contribution in [1.29, 1.82) is 0 Å². The average Bonchev–Trinajstić information content (AvgIpc) is 2.99. The minimum atomic E-state index is -0.842. The normalized spacial score (nSPS) is 17.9. The van der Waals surface area contributed by atoms with Gasteiger partial charge in [0.15, 0.2) is 0 Å². The lowest BCUT2D eigenvalue weighted by Crippen LogP contribution is -2.71. The molecule has 1 heterocycles. The molecule has 0 aliphatic carbocycles. The third-order valence-corrected chi connectivity index (χ3v) is 7.68. The maximum absolute atomic E-state index is 13.8. The van der Waals surface area contributed by atoms with Crippen LogP contribution in [0, 0.1) is 5.92 Å². The zero-order chi connectivity index (χ0) is 29.4. The van der Waals surface area contributed by atoms with Crippen LogP contribution in [0.4, 0.5) is 4.79 Å². The molecule has 0 aromatic heterocycles. The molecule has 0 spiro atoms. The van der Waals surface area contributed by atoms with Gasteiger partial charge in [-0.15, -0.1) is 0 Å². The summed E-state index contributed by atoms with van der Waals surface area (Å²) in [6, 6.07) is 24.1. The molecule has 1 aliphatic rings. The Balaban J connectivity index is 1.52. The summed E-state index contributed by atoms with van der Waals surface area (Å²) in [5.74, 6) is 0.677. The van der Waals surface area contributed by atoms with E-state index in [9.17, 15) is 14.7 Å². The molecule has 4 rings (SSSR count). The van der Waals surface area contributed by atoms with Crippen LogP contribution in [-0.2, 0) is 33.7 Å². The minimum absolute atomic E-state index is 0.0734. The number of carbonyl (C=O) groups excluding carboxylic acids is 2. The van der Waals surface area contributed by atoms with E-state index in [1.165, 1.54) is 0 Å². The summed E-state index contributed by atoms with van der Waals surface area (Å²) in [6.45, 7) is 3.63. The molecule has 8 heteroatoms. The van der Waals surface area contributed by atoms with Crippen LogP contribution in [0.25, 0.3) is 0 Å². The van der Waals surface area contributed by atoms with Crippen molar-refractivity contribution in [2.45, 2.75) is 64.0 Å². The van der Waals surface area contributed by atoms with Gasteiger partial charge in [0.05, 0.1) is 32.3 Å². The lowest BCUT2D eigenvalue weighted by molar-refractivity contribution is -0.180. The van der Waals surface area contributed by atoms with Gasteiger partial charge >= 0.3 is 6.16 Å². The average molecular weight is 562 g/mol. The van der Waals surface area contributed by atoms with Gasteiger partial charge in [0, 0.05) is 6.04 Å². The van der Waals surface area contributed by atoms with Crippen LogP contribution in [0.1, 0.15) is 37.0 Å². The highest BCUT2D eigenvalue weighted by atomic mass is 16.7. The lowest BCUT2D eigenvalue weighted by Gasteiger charge is -2.54. The zero-order valence-electron chi connectivity index (χ0n) is 24.1. The van der Waals surface area contributed by atoms with Gasteiger partial charge in [-0.1, -0.05) is 61.5 Å². The Morgan fingerprint density at radius 2 is 1.39 bits per heavy atom. The summed E-state index contributed by atoms with van der Waals surface area (Å²) < 4.78 is 21.4. The van der Waals surface area contributed by atoms with Gasteiger partial charge in [-0.2, -0.15) is 0 Å². The molecule has 0 saturated carbocycles. The molecule has 4 atom stereocenters. The maximum Gasteiger partial charge on any atom is 0.508 e. The fraction of sp³-hybridized carbons (Fsp3) is 0.394. The summed E-state index contributed by atoms with van der Waals surface area (Å²) >= 11 is 0. The summed E-state index contributed by atoms with van der Waals surface area (Å²) in [5.41, 5.74) is 2.92. The van der Waals surface area contributed by atoms with Gasteiger partial charge in [0.25, 0.3) is 0 Å². The fourth-order valence-electron chi connectivity index (χ4n) is 5.44. The third-order valence-electron chi connectivity index (χ3n) is 7.68. The highest BCUT2D eigenvalue weighted by Gasteiger charge is 2.56. The summed E-state index contributed by atoms with van der Waals surface area (Å²) in [6.07, 6.45) is -0.779. The number of amides is 1. The van der Waals surface area contributed by atoms with E-state index in [0.717, 1.165) is 28.2 Å². The molecule has 1 amide bonds. The van der Waals surface area contributed by atoms with Gasteiger partial charge in [0.1, 0.15) is 24.2 Å². The van der Waals surface area contributed by atoms with E-state index < -0.39 is 30.3 Å². The Kier molecular flexibility index (Phi) is 10.2. The van der Waals surface area contributed by atoms with Crippen LogP contribution in [-0.4, -0.2) is 60.6 Å². The molecule has 8 nitrogen and oxygen atoms in total. The Hall–Kier alpha value is -4.04. The van der Waals surface area contributed by atoms with Crippen molar-refractivity contribution < 1.29 is 33.6 Å². The molecule has 1 saturated heterocycles. The van der Waals surface area contributed by atoms with Crippen molar-refractivity contribution in [3.63, 3.8) is 0 Å². The Labute approximate surface area is 241 Å². The van der Waals surface area contributed by atoms with E-state index >= 15 is 0 Å². The first-order valence-electron chi connectivity index (χ1n) is 14.0. The van der Waals surface area contributed by atoms with E-state index in [0.29, 0.717) is 19.3 Å². The predicted octanol–water partition coefficient (Wildman–Crippen LogP) is 5.20. The molecule has 1 aliphatic heterocycles. The van der Waals surface area contributed by atoms with E-state index in [1.54, 1.807) is 26.0 Å². The molecule has 3 aromatic carbocycles. The number of nitrogens with zero attached hydrogens (tertiary/aromatic N) is 1. The standard InChI is InChI=1S/C33H39NO7/c1-5-29(35)31-30(22(2)41-33(37)40-21-25-9-7-6-8-10-25)32(36)34(31)26(19-23-11-15-27(38-3)16-12-23)20-24-13-17-28(39-4)18-14-24/h6-18,22,26,29-31,35H,5,19-21H2,1-4H3/t22-,29?,30-,31-/m1/s1. The second-order valence-electron chi connectivity index (χ2n) is 10.3. The van der Waals surface area contributed by atoms with Crippen molar-refractivity contribution in [3.05, 3.63) is 95.6 Å². The Morgan fingerprint density at radius 3 is 1.88 bits per heavy atom. The number of benzene rings is 3. The van der Waals surface area contributed by atoms with E-state index in [2.05, 4.69) is 0 Å². The first kappa shape index (κ1) is 29.9. The smallest absolute Gasteiger partial charge is 0.497 e. The summed E-state index contributed by atoms with van der Waals surface area (Å²) in [7, 11) is 3.25. The van der Waals surface area contributed by atoms with Gasteiger partial charge in [-0.25, -0.2) is 4.79 Å². The van der Waals surface area contributed by atoms with Crippen LogP contribution < -0.4 is 9.47 Å². The fourth-order valence-corrected chi connectivity index (χ4v) is 5.44. The summed E-state index contributed by atoms with van der Waals surface area (Å²) in [4.78, 5) is 28.0. The number of aliphatic hydroxyl groups excluding tert-OH is 1. The van der Waals surface area contributed by atoms with Crippen molar-refractivity contribution in [1.82, 2.24) is 4.90 Å². The Morgan fingerprint density at radius 1 is 0.854 bits per heavy atom. The van der Waals surface area contributed by atoms with E-state index in [-0.39, 0.29) is 18.6 Å².